The predicted molar refractivity (Wildman–Crippen MR) is 66.2 cm³/mol. The monoisotopic (exact) mass is 226 g/mol. The second-order valence-corrected chi connectivity index (χ2v) is 6.60. The Labute approximate surface area is 99.8 Å². The van der Waals surface area contributed by atoms with E-state index >= 15 is 0 Å². The van der Waals surface area contributed by atoms with E-state index in [-0.39, 0.29) is 22.4 Å². The molecule has 0 aromatic heterocycles. The fourth-order valence-corrected chi connectivity index (χ4v) is 2.15. The number of rotatable bonds is 3. The Kier molecular flexibility index (Phi) is 3.42. The van der Waals surface area contributed by atoms with Crippen molar-refractivity contribution in [3.63, 3.8) is 0 Å². The van der Waals surface area contributed by atoms with Crippen LogP contribution in [0.15, 0.2) is 0 Å². The fraction of sp³-hybridized carbons (Fsp3) is 0.929. The summed E-state index contributed by atoms with van der Waals surface area (Å²) in [4.78, 5) is 12.1. The molecule has 0 radical (unpaired) electrons. The van der Waals surface area contributed by atoms with E-state index in [0.29, 0.717) is 0 Å². The molecule has 0 amide bonds. The Balaban J connectivity index is 2.78. The maximum Gasteiger partial charge on any atom is 0.312 e. The number of carbonyl (C=O) groups is 1. The molecule has 1 aliphatic rings. The van der Waals surface area contributed by atoms with E-state index < -0.39 is 0 Å². The third-order valence-electron chi connectivity index (χ3n) is 4.64. The maximum absolute atomic E-state index is 12.1. The molecule has 0 bridgehead atoms. The summed E-state index contributed by atoms with van der Waals surface area (Å²) in [5.74, 6) is -0.0486. The first-order valence-electron chi connectivity index (χ1n) is 6.38. The van der Waals surface area contributed by atoms with Gasteiger partial charge >= 0.3 is 5.97 Å². The van der Waals surface area contributed by atoms with Crippen LogP contribution in [-0.4, -0.2) is 11.6 Å². The average Bonchev–Trinajstić information content (AvgIpc) is 2.41. The molecule has 0 aliphatic heterocycles. The van der Waals surface area contributed by atoms with Gasteiger partial charge in [0.2, 0.25) is 0 Å². The molecular formula is C14H26O2. The van der Waals surface area contributed by atoms with Crippen LogP contribution >= 0.6 is 0 Å². The maximum atomic E-state index is 12.1. The molecule has 0 aromatic carbocycles. The molecule has 0 saturated heterocycles. The van der Waals surface area contributed by atoms with Crippen molar-refractivity contribution in [2.45, 2.75) is 72.8 Å². The summed E-state index contributed by atoms with van der Waals surface area (Å²) in [6, 6.07) is 0. The van der Waals surface area contributed by atoms with Crippen LogP contribution < -0.4 is 0 Å². The van der Waals surface area contributed by atoms with Gasteiger partial charge in [-0.1, -0.05) is 20.8 Å². The smallest absolute Gasteiger partial charge is 0.312 e. The molecule has 0 heterocycles. The largest absolute Gasteiger partial charge is 0.458 e. The minimum Gasteiger partial charge on any atom is -0.458 e. The van der Waals surface area contributed by atoms with Crippen molar-refractivity contribution < 1.29 is 9.53 Å². The van der Waals surface area contributed by atoms with E-state index in [1.54, 1.807) is 0 Å². The summed E-state index contributed by atoms with van der Waals surface area (Å²) in [6.07, 6.45) is 4.11. The molecule has 0 N–H and O–H groups in total. The molecule has 16 heavy (non-hydrogen) atoms. The molecule has 0 spiro atoms. The van der Waals surface area contributed by atoms with Gasteiger partial charge in [0.15, 0.2) is 0 Å². The Morgan fingerprint density at radius 3 is 2.19 bits per heavy atom. The van der Waals surface area contributed by atoms with E-state index in [0.717, 1.165) is 25.7 Å². The zero-order chi connectivity index (χ0) is 12.6. The molecule has 94 valence electrons. The molecule has 1 atom stereocenters. The normalized spacial score (nSPS) is 29.1. The molecule has 1 aliphatic carbocycles. The van der Waals surface area contributed by atoms with Crippen molar-refractivity contribution in [1.82, 2.24) is 0 Å². The van der Waals surface area contributed by atoms with E-state index in [4.69, 9.17) is 4.74 Å². The summed E-state index contributed by atoms with van der Waals surface area (Å²) in [5, 5.41) is 0. The van der Waals surface area contributed by atoms with Crippen LogP contribution in [0.25, 0.3) is 0 Å². The molecule has 0 aromatic rings. The van der Waals surface area contributed by atoms with Crippen molar-refractivity contribution >= 4 is 5.97 Å². The average molecular weight is 226 g/mol. The van der Waals surface area contributed by atoms with Gasteiger partial charge in [0.1, 0.15) is 5.60 Å². The summed E-state index contributed by atoms with van der Waals surface area (Å²) in [5.41, 5.74) is -0.537. The number of hydrogen-bond donors (Lipinski definition) is 0. The summed E-state index contributed by atoms with van der Waals surface area (Å²) in [7, 11) is 0. The second kappa shape index (κ2) is 4.05. The lowest BCUT2D eigenvalue weighted by atomic mass is 9.78. The quantitative estimate of drug-likeness (QED) is 0.681. The van der Waals surface area contributed by atoms with Crippen molar-refractivity contribution in [2.75, 3.05) is 0 Å². The van der Waals surface area contributed by atoms with Crippen molar-refractivity contribution in [3.05, 3.63) is 0 Å². The molecule has 1 unspecified atom stereocenters. The Morgan fingerprint density at radius 2 is 1.81 bits per heavy atom. The number of esters is 1. The van der Waals surface area contributed by atoms with Gasteiger partial charge in [-0.3, -0.25) is 4.79 Å². The van der Waals surface area contributed by atoms with E-state index in [9.17, 15) is 4.79 Å². The fourth-order valence-electron chi connectivity index (χ4n) is 2.15. The van der Waals surface area contributed by atoms with Crippen LogP contribution in [0.1, 0.15) is 67.2 Å². The van der Waals surface area contributed by atoms with Crippen LogP contribution in [0.4, 0.5) is 0 Å². The predicted octanol–water partition coefficient (Wildman–Crippen LogP) is 3.93. The lowest BCUT2D eigenvalue weighted by molar-refractivity contribution is -0.178. The van der Waals surface area contributed by atoms with E-state index in [2.05, 4.69) is 20.8 Å². The number of ether oxygens (including phenoxy) is 1. The second-order valence-electron chi connectivity index (χ2n) is 6.60. The molecule has 2 heteroatoms. The number of carbonyl (C=O) groups excluding carboxylic acids is 1. The van der Waals surface area contributed by atoms with Crippen LogP contribution in [-0.2, 0) is 9.53 Å². The lowest BCUT2D eigenvalue weighted by Gasteiger charge is -2.39. The summed E-state index contributed by atoms with van der Waals surface area (Å²) >= 11 is 0. The van der Waals surface area contributed by atoms with E-state index in [1.165, 1.54) is 0 Å². The highest BCUT2D eigenvalue weighted by Gasteiger charge is 2.49. The van der Waals surface area contributed by atoms with Gasteiger partial charge in [-0.2, -0.15) is 0 Å². The highest BCUT2D eigenvalue weighted by atomic mass is 16.6. The Hall–Kier alpha value is -0.530. The highest BCUT2D eigenvalue weighted by molar-refractivity contribution is 5.76. The standard InChI is InChI=1S/C14H26O2/c1-7-12(2,3)11(15)16-14(6)10-8-9-13(14,4)5/h7-10H2,1-6H3. The zero-order valence-electron chi connectivity index (χ0n) is 11.6. The zero-order valence-corrected chi connectivity index (χ0v) is 11.6. The SMILES string of the molecule is CCC(C)(C)C(=O)OC1(C)CCCC1(C)C. The van der Waals surface area contributed by atoms with Gasteiger partial charge in [0.25, 0.3) is 0 Å². The van der Waals surface area contributed by atoms with Crippen LogP contribution in [0.2, 0.25) is 0 Å². The summed E-state index contributed by atoms with van der Waals surface area (Å²) in [6.45, 7) is 12.4. The van der Waals surface area contributed by atoms with Gasteiger partial charge in [-0.05, 0) is 46.5 Å². The lowest BCUT2D eigenvalue weighted by Crippen LogP contribution is -2.44. The highest BCUT2D eigenvalue weighted by Crippen LogP contribution is 2.48. The topological polar surface area (TPSA) is 26.3 Å². The molecular weight excluding hydrogens is 200 g/mol. The molecule has 1 rings (SSSR count). The van der Waals surface area contributed by atoms with Crippen LogP contribution in [0, 0.1) is 10.8 Å². The Morgan fingerprint density at radius 1 is 1.25 bits per heavy atom. The minimum atomic E-state index is -0.359. The van der Waals surface area contributed by atoms with Crippen molar-refractivity contribution in [1.29, 1.82) is 0 Å². The van der Waals surface area contributed by atoms with Crippen molar-refractivity contribution in [3.8, 4) is 0 Å². The van der Waals surface area contributed by atoms with Gasteiger partial charge < -0.3 is 4.74 Å². The minimum absolute atomic E-state index is 0.0486. The first-order valence-corrected chi connectivity index (χ1v) is 6.38. The molecule has 1 saturated carbocycles. The van der Waals surface area contributed by atoms with Crippen LogP contribution in [0.3, 0.4) is 0 Å². The van der Waals surface area contributed by atoms with Gasteiger partial charge in [0.05, 0.1) is 5.41 Å². The first kappa shape index (κ1) is 13.5. The van der Waals surface area contributed by atoms with E-state index in [1.807, 2.05) is 20.8 Å². The molecule has 2 nitrogen and oxygen atoms in total. The first-order chi connectivity index (χ1) is 7.15. The third-order valence-corrected chi connectivity index (χ3v) is 4.64. The van der Waals surface area contributed by atoms with Gasteiger partial charge in [0, 0.05) is 5.41 Å². The Bertz CT molecular complexity index is 278. The molecule has 1 fully saturated rings. The van der Waals surface area contributed by atoms with Gasteiger partial charge in [-0.15, -0.1) is 0 Å². The third kappa shape index (κ3) is 2.26. The number of hydrogen-bond acceptors (Lipinski definition) is 2. The van der Waals surface area contributed by atoms with Gasteiger partial charge in [-0.25, -0.2) is 0 Å². The summed E-state index contributed by atoms with van der Waals surface area (Å²) < 4.78 is 5.83. The van der Waals surface area contributed by atoms with Crippen LogP contribution in [0.5, 0.6) is 0 Å². The van der Waals surface area contributed by atoms with Crippen molar-refractivity contribution in [2.24, 2.45) is 10.8 Å².